The van der Waals surface area contributed by atoms with Gasteiger partial charge in [0.25, 0.3) is 0 Å². The minimum atomic E-state index is -1.95. The smallest absolute Gasteiger partial charge is 0.238 e. The Morgan fingerprint density at radius 3 is 1.40 bits per heavy atom. The molecular weight excluding hydrogens is 717 g/mol. The van der Waals surface area contributed by atoms with Gasteiger partial charge in [0.05, 0.1) is 11.0 Å². The molecule has 5 nitrogen and oxygen atoms in total. The van der Waals surface area contributed by atoms with Crippen molar-refractivity contribution in [2.45, 2.75) is 19.6 Å². The highest BCUT2D eigenvalue weighted by atomic mass is 32.3. The summed E-state index contributed by atoms with van der Waals surface area (Å²) in [5.74, 6) is 1.78. The van der Waals surface area contributed by atoms with Gasteiger partial charge in [0.15, 0.2) is 11.6 Å². The van der Waals surface area contributed by atoms with Crippen molar-refractivity contribution in [1.82, 2.24) is 19.5 Å². The largest absolute Gasteiger partial charge is 0.456 e. The van der Waals surface area contributed by atoms with Crippen LogP contribution in [0.1, 0.15) is 0 Å². The number of benzene rings is 8. The van der Waals surface area contributed by atoms with Gasteiger partial charge in [-0.1, -0.05) is 133 Å². The fraction of sp³-hybridized carbons (Fsp3) is 0. The number of nitrogens with zero attached hydrogens (tertiary/aromatic N) is 4. The molecule has 3 aromatic heterocycles. The zero-order valence-electron chi connectivity index (χ0n) is 30.7. The first-order chi connectivity index (χ1) is 28.3. The summed E-state index contributed by atoms with van der Waals surface area (Å²) in [5.41, 5.74) is 5.53. The van der Waals surface area contributed by atoms with Gasteiger partial charge in [-0.15, -0.1) is 10.0 Å². The molecule has 0 N–H and O–H groups in total. The van der Waals surface area contributed by atoms with Crippen molar-refractivity contribution in [2.75, 3.05) is 0 Å². The molecule has 0 aliphatic heterocycles. The number of hydrogen-bond donors (Lipinski definition) is 0. The first-order valence-corrected chi connectivity index (χ1v) is 20.6. The molecule has 0 bridgehead atoms. The van der Waals surface area contributed by atoms with E-state index in [0.29, 0.717) is 17.6 Å². The average Bonchev–Trinajstić information content (AvgIpc) is 3.82. The van der Waals surface area contributed by atoms with Crippen molar-refractivity contribution in [3.8, 4) is 28.7 Å². The van der Waals surface area contributed by atoms with Crippen LogP contribution < -0.4 is 0 Å². The van der Waals surface area contributed by atoms with E-state index in [2.05, 4.69) is 138 Å². The van der Waals surface area contributed by atoms with Gasteiger partial charge < -0.3 is 4.42 Å². The second-order valence-corrected chi connectivity index (χ2v) is 17.2. The maximum Gasteiger partial charge on any atom is 0.238 e. The maximum absolute atomic E-state index is 6.54. The Hall–Kier alpha value is -7.28. The number of furan rings is 1. The van der Waals surface area contributed by atoms with Crippen LogP contribution in [-0.4, -0.2) is 19.5 Å². The van der Waals surface area contributed by atoms with E-state index in [9.17, 15) is 0 Å². The average molecular weight is 751 g/mol. The second-order valence-electron chi connectivity index (χ2n) is 14.0. The lowest BCUT2D eigenvalue weighted by atomic mass is 10.1. The van der Waals surface area contributed by atoms with Crippen LogP contribution in [-0.2, 0) is 0 Å². The minimum absolute atomic E-state index is 0.551. The molecule has 0 fully saturated rings. The number of para-hydroxylation sites is 1. The molecule has 0 aliphatic rings. The molecule has 0 amide bonds. The van der Waals surface area contributed by atoms with Gasteiger partial charge in [-0.2, -0.15) is 9.97 Å². The second kappa shape index (κ2) is 13.5. The zero-order valence-corrected chi connectivity index (χ0v) is 31.6. The van der Waals surface area contributed by atoms with Crippen LogP contribution in [0.4, 0.5) is 0 Å². The lowest BCUT2D eigenvalue weighted by Crippen LogP contribution is -2.07. The first kappa shape index (κ1) is 33.1. The number of hydrogen-bond acceptors (Lipinski definition) is 4. The van der Waals surface area contributed by atoms with Gasteiger partial charge >= 0.3 is 0 Å². The molecule has 0 saturated heterocycles. The van der Waals surface area contributed by atoms with Gasteiger partial charge in [0.2, 0.25) is 5.95 Å². The molecule has 0 atom stereocenters. The highest BCUT2D eigenvalue weighted by Crippen LogP contribution is 2.73. The monoisotopic (exact) mass is 750 g/mol. The predicted octanol–water partition coefficient (Wildman–Crippen LogP) is 13.5. The summed E-state index contributed by atoms with van der Waals surface area (Å²) < 4.78 is 8.75. The molecule has 0 saturated carbocycles. The third-order valence-corrected chi connectivity index (χ3v) is 14.7. The Kier molecular flexibility index (Phi) is 7.83. The van der Waals surface area contributed by atoms with Crippen LogP contribution in [0.5, 0.6) is 0 Å². The lowest BCUT2D eigenvalue weighted by Gasteiger charge is -2.42. The van der Waals surface area contributed by atoms with Gasteiger partial charge in [-0.05, 0) is 72.8 Å². The summed E-state index contributed by atoms with van der Waals surface area (Å²) in [5, 5.41) is 4.26. The van der Waals surface area contributed by atoms with Gasteiger partial charge in [0.1, 0.15) is 11.2 Å². The highest BCUT2D eigenvalue weighted by molar-refractivity contribution is 8.34. The molecule has 11 aromatic rings. The van der Waals surface area contributed by atoms with Crippen LogP contribution in [0.25, 0.3) is 72.5 Å². The van der Waals surface area contributed by atoms with Crippen LogP contribution in [0, 0.1) is 0 Å². The number of aromatic nitrogens is 4. The van der Waals surface area contributed by atoms with Crippen molar-refractivity contribution >= 4 is 53.8 Å². The summed E-state index contributed by atoms with van der Waals surface area (Å²) in [6.45, 7) is 0. The van der Waals surface area contributed by atoms with Crippen molar-refractivity contribution in [3.63, 3.8) is 0 Å². The summed E-state index contributed by atoms with van der Waals surface area (Å²) >= 11 is 0. The maximum atomic E-state index is 6.54. The van der Waals surface area contributed by atoms with Crippen molar-refractivity contribution in [3.05, 3.63) is 206 Å². The molecule has 0 radical (unpaired) electrons. The molecular formula is C51H34N4OS. The van der Waals surface area contributed by atoms with Crippen LogP contribution >= 0.6 is 10.0 Å². The van der Waals surface area contributed by atoms with Crippen LogP contribution in [0.3, 0.4) is 0 Å². The molecule has 0 spiro atoms. The van der Waals surface area contributed by atoms with E-state index in [-0.39, 0.29) is 0 Å². The van der Waals surface area contributed by atoms with E-state index in [0.717, 1.165) is 54.9 Å². The first-order valence-electron chi connectivity index (χ1n) is 19.0. The van der Waals surface area contributed by atoms with Crippen molar-refractivity contribution < 1.29 is 4.42 Å². The molecule has 0 aliphatic carbocycles. The molecule has 3 heterocycles. The predicted molar refractivity (Wildman–Crippen MR) is 232 cm³/mol. The number of fused-ring (bicyclic) bond motifs is 6. The summed E-state index contributed by atoms with van der Waals surface area (Å²) in [6, 6.07) is 72.9. The van der Waals surface area contributed by atoms with Gasteiger partial charge in [-0.25, -0.2) is 4.98 Å². The molecule has 11 rings (SSSR count). The van der Waals surface area contributed by atoms with Crippen LogP contribution in [0.2, 0.25) is 0 Å². The standard InChI is InChI=1S/C51H34N4OS/c1-6-18-35(19-7-1)49-52-50(36-20-8-2-9-21-36)54-51(53-49)55-45-31-30-40(32-42(45)43-34-48-44(33-46(43)55)41-28-16-17-29-47(41)56-48)57(37-22-10-3-11-23-37,38-24-12-4-13-25-38)39-26-14-5-15-27-39/h1-34H. The Morgan fingerprint density at radius 2 is 0.842 bits per heavy atom. The van der Waals surface area contributed by atoms with Crippen molar-refractivity contribution in [2.24, 2.45) is 0 Å². The summed E-state index contributed by atoms with van der Waals surface area (Å²) in [7, 11) is -1.95. The summed E-state index contributed by atoms with van der Waals surface area (Å²) in [4.78, 5) is 20.5. The topological polar surface area (TPSA) is 56.7 Å². The van der Waals surface area contributed by atoms with Crippen molar-refractivity contribution in [1.29, 1.82) is 0 Å². The Labute approximate surface area is 330 Å². The lowest BCUT2D eigenvalue weighted by molar-refractivity contribution is 0.669. The normalized spacial score (nSPS) is 12.1. The van der Waals surface area contributed by atoms with E-state index in [4.69, 9.17) is 19.4 Å². The summed E-state index contributed by atoms with van der Waals surface area (Å²) in [6.07, 6.45) is 0. The Morgan fingerprint density at radius 1 is 0.351 bits per heavy atom. The molecule has 6 heteroatoms. The van der Waals surface area contributed by atoms with E-state index in [1.807, 2.05) is 72.8 Å². The van der Waals surface area contributed by atoms with Gasteiger partial charge in [0, 0.05) is 52.3 Å². The quantitative estimate of drug-likeness (QED) is 0.163. The zero-order chi connectivity index (χ0) is 37.8. The Balaban J connectivity index is 1.27. The third kappa shape index (κ3) is 5.37. The van der Waals surface area contributed by atoms with E-state index < -0.39 is 10.0 Å². The van der Waals surface area contributed by atoms with E-state index >= 15 is 0 Å². The third-order valence-electron chi connectivity index (χ3n) is 10.8. The highest BCUT2D eigenvalue weighted by Gasteiger charge is 2.34. The van der Waals surface area contributed by atoms with Gasteiger partial charge in [-0.3, -0.25) is 4.57 Å². The fourth-order valence-electron chi connectivity index (χ4n) is 8.21. The van der Waals surface area contributed by atoms with E-state index in [1.54, 1.807) is 0 Å². The van der Waals surface area contributed by atoms with Crippen LogP contribution in [0.15, 0.2) is 230 Å². The number of rotatable bonds is 7. The van der Waals surface area contributed by atoms with E-state index in [1.165, 1.54) is 19.6 Å². The Bertz CT molecular complexity index is 3070. The molecule has 57 heavy (non-hydrogen) atoms. The SMILES string of the molecule is c1ccc(-c2nc(-c3ccccc3)nc(-n3c4ccc(S(c5ccccc5)(c5ccccc5)c5ccccc5)cc4c4cc5oc6ccccc6c5cc43)n2)cc1. The molecule has 8 aromatic carbocycles. The molecule has 0 unspecified atom stereocenters. The minimum Gasteiger partial charge on any atom is -0.456 e. The fourth-order valence-corrected chi connectivity index (χ4v) is 12.1. The molecule has 270 valence electrons.